The molecular weight excluding hydrogens is 745 g/mol. The van der Waals surface area contributed by atoms with E-state index in [1.165, 1.54) is 193 Å². The molecule has 1 unspecified atom stereocenters. The summed E-state index contributed by atoms with van der Waals surface area (Å²) in [6, 6.07) is 0. The van der Waals surface area contributed by atoms with Gasteiger partial charge in [-0.3, -0.25) is 14.4 Å². The summed E-state index contributed by atoms with van der Waals surface area (Å²) in [5.74, 6) is -0.857. The Balaban J connectivity index is 4.33. The number of ether oxygens (including phenoxy) is 3. The first kappa shape index (κ1) is 58.1. The number of carbonyl (C=O) groups excluding carboxylic acids is 3. The maximum absolute atomic E-state index is 12.8. The van der Waals surface area contributed by atoms with Crippen molar-refractivity contribution in [1.82, 2.24) is 0 Å². The molecule has 0 saturated carbocycles. The van der Waals surface area contributed by atoms with Gasteiger partial charge in [-0.05, 0) is 44.9 Å². The summed E-state index contributed by atoms with van der Waals surface area (Å²) in [5.41, 5.74) is 0. The van der Waals surface area contributed by atoms with Crippen molar-refractivity contribution in [2.24, 2.45) is 0 Å². The summed E-state index contributed by atoms with van der Waals surface area (Å²) < 4.78 is 16.8. The second-order valence-electron chi connectivity index (χ2n) is 18.2. The topological polar surface area (TPSA) is 78.9 Å². The highest BCUT2D eigenvalue weighted by molar-refractivity contribution is 5.71. The lowest BCUT2D eigenvalue weighted by Gasteiger charge is -2.18. The third-order valence-electron chi connectivity index (χ3n) is 12.0. The van der Waals surface area contributed by atoms with Crippen LogP contribution in [0.1, 0.15) is 297 Å². The fraction of sp³-hybridized carbons (Fsp3) is 0.907. The van der Waals surface area contributed by atoms with Crippen molar-refractivity contribution in [3.63, 3.8) is 0 Å². The van der Waals surface area contributed by atoms with Crippen molar-refractivity contribution in [1.29, 1.82) is 0 Å². The van der Waals surface area contributed by atoms with E-state index >= 15 is 0 Å². The minimum Gasteiger partial charge on any atom is -0.462 e. The number of unbranched alkanes of at least 4 members (excludes halogenated alkanes) is 36. The van der Waals surface area contributed by atoms with Gasteiger partial charge >= 0.3 is 17.9 Å². The summed E-state index contributed by atoms with van der Waals surface area (Å²) in [6.07, 6.45) is 54.7. The summed E-state index contributed by atoms with van der Waals surface area (Å²) in [5, 5.41) is 0. The van der Waals surface area contributed by atoms with Crippen molar-refractivity contribution in [2.45, 2.75) is 303 Å². The zero-order chi connectivity index (χ0) is 43.7. The molecule has 0 bridgehead atoms. The second kappa shape index (κ2) is 49.8. The van der Waals surface area contributed by atoms with Crippen LogP contribution < -0.4 is 0 Å². The molecular formula is C54H102O6. The van der Waals surface area contributed by atoms with Crippen LogP contribution in [0, 0.1) is 0 Å². The van der Waals surface area contributed by atoms with Gasteiger partial charge < -0.3 is 14.2 Å². The second-order valence-corrected chi connectivity index (χ2v) is 18.2. The van der Waals surface area contributed by atoms with Gasteiger partial charge in [0.2, 0.25) is 0 Å². The van der Waals surface area contributed by atoms with Crippen LogP contribution in [0.15, 0.2) is 12.2 Å². The minimum atomic E-state index is -0.766. The quantitative estimate of drug-likeness (QED) is 0.0263. The molecule has 0 fully saturated rings. The van der Waals surface area contributed by atoms with E-state index < -0.39 is 6.10 Å². The molecule has 0 aromatic rings. The van der Waals surface area contributed by atoms with Crippen LogP contribution in [0.2, 0.25) is 0 Å². The fourth-order valence-corrected chi connectivity index (χ4v) is 7.97. The van der Waals surface area contributed by atoms with E-state index in [0.717, 1.165) is 64.2 Å². The average Bonchev–Trinajstić information content (AvgIpc) is 3.24. The van der Waals surface area contributed by atoms with Crippen LogP contribution in [0.4, 0.5) is 0 Å². The molecule has 0 N–H and O–H groups in total. The Morgan fingerprint density at radius 1 is 0.317 bits per heavy atom. The molecule has 0 aliphatic heterocycles. The maximum Gasteiger partial charge on any atom is 0.306 e. The Hall–Kier alpha value is -1.85. The third-order valence-corrected chi connectivity index (χ3v) is 12.0. The van der Waals surface area contributed by atoms with Gasteiger partial charge in [-0.15, -0.1) is 0 Å². The van der Waals surface area contributed by atoms with Gasteiger partial charge in [-0.25, -0.2) is 0 Å². The highest BCUT2D eigenvalue weighted by Gasteiger charge is 2.19. The highest BCUT2D eigenvalue weighted by Crippen LogP contribution is 2.16. The van der Waals surface area contributed by atoms with Crippen LogP contribution in [-0.4, -0.2) is 37.2 Å². The molecule has 6 nitrogen and oxygen atoms in total. The summed E-state index contributed by atoms with van der Waals surface area (Å²) in [4.78, 5) is 38.0. The Morgan fingerprint density at radius 3 is 0.833 bits per heavy atom. The van der Waals surface area contributed by atoms with Gasteiger partial charge in [0.1, 0.15) is 13.2 Å². The molecule has 0 spiro atoms. The van der Waals surface area contributed by atoms with E-state index in [1.54, 1.807) is 0 Å². The first-order valence-corrected chi connectivity index (χ1v) is 26.7. The van der Waals surface area contributed by atoms with Gasteiger partial charge in [0.15, 0.2) is 6.10 Å². The van der Waals surface area contributed by atoms with E-state index in [9.17, 15) is 14.4 Å². The van der Waals surface area contributed by atoms with Crippen molar-refractivity contribution in [3.8, 4) is 0 Å². The van der Waals surface area contributed by atoms with E-state index in [4.69, 9.17) is 14.2 Å². The van der Waals surface area contributed by atoms with Gasteiger partial charge in [-0.2, -0.15) is 0 Å². The normalized spacial score (nSPS) is 12.0. The lowest BCUT2D eigenvalue weighted by molar-refractivity contribution is -0.167. The molecule has 0 aromatic heterocycles. The number of allylic oxidation sites excluding steroid dienone is 2. The van der Waals surface area contributed by atoms with Crippen LogP contribution in [-0.2, 0) is 28.6 Å². The Morgan fingerprint density at radius 2 is 0.550 bits per heavy atom. The zero-order valence-corrected chi connectivity index (χ0v) is 40.5. The molecule has 0 aliphatic rings. The predicted octanol–water partition coefficient (Wildman–Crippen LogP) is 17.4. The summed E-state index contributed by atoms with van der Waals surface area (Å²) in [7, 11) is 0. The molecule has 0 radical (unpaired) electrons. The van der Waals surface area contributed by atoms with E-state index in [-0.39, 0.29) is 31.1 Å². The minimum absolute atomic E-state index is 0.0670. The monoisotopic (exact) mass is 847 g/mol. The lowest BCUT2D eigenvalue weighted by atomic mass is 10.0. The molecule has 60 heavy (non-hydrogen) atoms. The SMILES string of the molecule is CCCCCCCC/C=C\CCCCCCCC(=O)OCC(COC(=O)CCCCCCCCCCCCCCC)OC(=O)CCCCCCCCCCCCCCCC. The van der Waals surface area contributed by atoms with E-state index in [2.05, 4.69) is 32.9 Å². The van der Waals surface area contributed by atoms with Crippen LogP contribution in [0.5, 0.6) is 0 Å². The Kier molecular flexibility index (Phi) is 48.3. The molecule has 0 rings (SSSR count). The molecule has 354 valence electrons. The van der Waals surface area contributed by atoms with Gasteiger partial charge in [0.25, 0.3) is 0 Å². The molecule has 1 atom stereocenters. The smallest absolute Gasteiger partial charge is 0.306 e. The van der Waals surface area contributed by atoms with Crippen LogP contribution in [0.3, 0.4) is 0 Å². The van der Waals surface area contributed by atoms with E-state index in [0.29, 0.717) is 19.3 Å². The maximum atomic E-state index is 12.8. The van der Waals surface area contributed by atoms with Gasteiger partial charge in [0.05, 0.1) is 0 Å². The Bertz CT molecular complexity index is 931. The molecule has 0 saturated heterocycles. The van der Waals surface area contributed by atoms with Gasteiger partial charge in [0, 0.05) is 19.3 Å². The highest BCUT2D eigenvalue weighted by atomic mass is 16.6. The number of rotatable bonds is 49. The number of carbonyl (C=O) groups is 3. The first-order chi connectivity index (χ1) is 29.5. The standard InChI is InChI=1S/C54H102O6/c1-4-7-10-13-16-19-22-25-27-30-32-35-38-41-44-47-53(56)59-50-51(49-58-52(55)46-43-40-37-34-31-28-24-21-18-15-12-9-6-3)60-54(57)48-45-42-39-36-33-29-26-23-20-17-14-11-8-5-2/h25,27,51H,4-24,26,28-50H2,1-3H3/b27-25-. The Labute approximate surface area is 373 Å². The van der Waals surface area contributed by atoms with Crippen LogP contribution >= 0.6 is 0 Å². The molecule has 0 heterocycles. The summed E-state index contributed by atoms with van der Waals surface area (Å²) in [6.45, 7) is 6.66. The number of hydrogen-bond acceptors (Lipinski definition) is 6. The third kappa shape index (κ3) is 47.2. The zero-order valence-electron chi connectivity index (χ0n) is 40.5. The van der Waals surface area contributed by atoms with Crippen molar-refractivity contribution in [3.05, 3.63) is 12.2 Å². The average molecular weight is 847 g/mol. The fourth-order valence-electron chi connectivity index (χ4n) is 7.97. The van der Waals surface area contributed by atoms with Crippen molar-refractivity contribution in [2.75, 3.05) is 13.2 Å². The lowest BCUT2D eigenvalue weighted by Crippen LogP contribution is -2.30. The van der Waals surface area contributed by atoms with Crippen molar-refractivity contribution < 1.29 is 28.6 Å². The number of esters is 3. The first-order valence-electron chi connectivity index (χ1n) is 26.7. The summed E-state index contributed by atoms with van der Waals surface area (Å²) >= 11 is 0. The molecule has 0 aliphatic carbocycles. The molecule has 6 heteroatoms. The molecule has 0 amide bonds. The van der Waals surface area contributed by atoms with Crippen molar-refractivity contribution >= 4 is 17.9 Å². The molecule has 0 aromatic carbocycles. The van der Waals surface area contributed by atoms with Crippen LogP contribution in [0.25, 0.3) is 0 Å². The predicted molar refractivity (Wildman–Crippen MR) is 256 cm³/mol. The van der Waals surface area contributed by atoms with E-state index in [1.807, 2.05) is 0 Å². The van der Waals surface area contributed by atoms with Gasteiger partial charge in [-0.1, -0.05) is 245 Å². The number of hydrogen-bond donors (Lipinski definition) is 0. The largest absolute Gasteiger partial charge is 0.462 e.